The molecule has 0 bridgehead atoms. The molecule has 4 nitrogen and oxygen atoms in total. The maximum absolute atomic E-state index is 10.0. The molecule has 0 radical (unpaired) electrons. The summed E-state index contributed by atoms with van der Waals surface area (Å²) in [6.45, 7) is 9.06. The van der Waals surface area contributed by atoms with Crippen molar-refractivity contribution in [1.29, 1.82) is 0 Å². The van der Waals surface area contributed by atoms with Gasteiger partial charge in [-0.25, -0.2) is 0 Å². The van der Waals surface area contributed by atoms with Crippen molar-refractivity contribution in [3.8, 4) is 5.75 Å². The number of anilines is 3. The fourth-order valence-electron chi connectivity index (χ4n) is 1.86. The summed E-state index contributed by atoms with van der Waals surface area (Å²) in [7, 11) is 0. The predicted molar refractivity (Wildman–Crippen MR) is 84.4 cm³/mol. The molecule has 0 fully saturated rings. The van der Waals surface area contributed by atoms with Crippen LogP contribution in [-0.2, 0) is 0 Å². The highest BCUT2D eigenvalue weighted by atomic mass is 16.3. The van der Waals surface area contributed by atoms with Crippen molar-refractivity contribution in [3.63, 3.8) is 0 Å². The number of hydrogen-bond acceptors (Lipinski definition) is 4. The Balaban J connectivity index is 3.00. The highest BCUT2D eigenvalue weighted by Crippen LogP contribution is 2.38. The monoisotopic (exact) mass is 265 g/mol. The fraction of sp³-hybridized carbons (Fsp3) is 0.600. The Morgan fingerprint density at radius 3 is 1.89 bits per heavy atom. The molecule has 0 spiro atoms. The van der Waals surface area contributed by atoms with Gasteiger partial charge in [0.1, 0.15) is 11.4 Å². The van der Waals surface area contributed by atoms with Crippen LogP contribution in [-0.4, -0.2) is 24.7 Å². The van der Waals surface area contributed by atoms with Gasteiger partial charge in [-0.05, 0) is 31.4 Å². The Bertz CT molecular complexity index is 380. The van der Waals surface area contributed by atoms with E-state index in [1.807, 2.05) is 6.07 Å². The van der Waals surface area contributed by atoms with Gasteiger partial charge in [0.25, 0.3) is 0 Å². The lowest BCUT2D eigenvalue weighted by molar-refractivity contribution is 0.477. The van der Waals surface area contributed by atoms with Crippen LogP contribution in [0.5, 0.6) is 5.75 Å². The quantitative estimate of drug-likeness (QED) is 0.404. The first kappa shape index (κ1) is 15.5. The van der Waals surface area contributed by atoms with Crippen LogP contribution >= 0.6 is 0 Å². The Hall–Kier alpha value is -1.58. The first-order chi connectivity index (χ1) is 9.24. The summed E-state index contributed by atoms with van der Waals surface area (Å²) >= 11 is 0. The van der Waals surface area contributed by atoms with Gasteiger partial charge in [0.15, 0.2) is 0 Å². The lowest BCUT2D eigenvalue weighted by Crippen LogP contribution is -2.10. The van der Waals surface area contributed by atoms with E-state index >= 15 is 0 Å². The zero-order chi connectivity index (χ0) is 14.1. The van der Waals surface area contributed by atoms with Gasteiger partial charge in [-0.15, -0.1) is 0 Å². The minimum absolute atomic E-state index is 0.300. The molecule has 0 aromatic heterocycles. The van der Waals surface area contributed by atoms with E-state index in [1.54, 1.807) is 6.07 Å². The maximum atomic E-state index is 10.0. The molecule has 19 heavy (non-hydrogen) atoms. The van der Waals surface area contributed by atoms with Gasteiger partial charge >= 0.3 is 0 Å². The average molecular weight is 265 g/mol. The van der Waals surface area contributed by atoms with E-state index in [-0.39, 0.29) is 0 Å². The van der Waals surface area contributed by atoms with E-state index in [0.717, 1.165) is 56.0 Å². The van der Waals surface area contributed by atoms with Gasteiger partial charge in [-0.2, -0.15) is 0 Å². The summed E-state index contributed by atoms with van der Waals surface area (Å²) < 4.78 is 0. The molecular weight excluding hydrogens is 238 g/mol. The Kier molecular flexibility index (Phi) is 6.93. The number of rotatable bonds is 9. The smallest absolute Gasteiger partial charge is 0.140 e. The summed E-state index contributed by atoms with van der Waals surface area (Å²) in [4.78, 5) is 0. The standard InChI is InChI=1S/C15H27N3O/c1-4-9-16-12-7-8-13(19)15(18-11-6-3)14(12)17-10-5-2/h7-8,16-19H,4-6,9-11H2,1-3H3. The lowest BCUT2D eigenvalue weighted by atomic mass is 10.2. The van der Waals surface area contributed by atoms with Crippen LogP contribution in [0.1, 0.15) is 40.0 Å². The van der Waals surface area contributed by atoms with E-state index in [9.17, 15) is 5.11 Å². The van der Waals surface area contributed by atoms with Crippen LogP contribution in [0.2, 0.25) is 0 Å². The molecule has 0 aliphatic carbocycles. The molecule has 1 rings (SSSR count). The third kappa shape index (κ3) is 4.54. The van der Waals surface area contributed by atoms with Crippen molar-refractivity contribution in [2.24, 2.45) is 0 Å². The molecule has 0 unspecified atom stereocenters. The molecule has 4 heteroatoms. The van der Waals surface area contributed by atoms with Gasteiger partial charge < -0.3 is 21.1 Å². The Morgan fingerprint density at radius 1 is 0.789 bits per heavy atom. The van der Waals surface area contributed by atoms with Crippen LogP contribution in [0, 0.1) is 0 Å². The SMILES string of the molecule is CCCNc1ccc(O)c(NCCC)c1NCCC. The van der Waals surface area contributed by atoms with Crippen molar-refractivity contribution < 1.29 is 5.11 Å². The van der Waals surface area contributed by atoms with Crippen molar-refractivity contribution in [1.82, 2.24) is 0 Å². The van der Waals surface area contributed by atoms with Crippen molar-refractivity contribution >= 4 is 17.1 Å². The second-order valence-electron chi connectivity index (χ2n) is 4.66. The van der Waals surface area contributed by atoms with E-state index in [4.69, 9.17) is 0 Å². The number of hydrogen-bond donors (Lipinski definition) is 4. The van der Waals surface area contributed by atoms with Crippen LogP contribution in [0.25, 0.3) is 0 Å². The minimum atomic E-state index is 0.300. The van der Waals surface area contributed by atoms with Crippen molar-refractivity contribution in [3.05, 3.63) is 12.1 Å². The summed E-state index contributed by atoms with van der Waals surface area (Å²) in [5, 5.41) is 20.1. The Morgan fingerprint density at radius 2 is 1.32 bits per heavy atom. The third-order valence-electron chi connectivity index (χ3n) is 2.85. The number of benzene rings is 1. The first-order valence-corrected chi connectivity index (χ1v) is 7.32. The second-order valence-corrected chi connectivity index (χ2v) is 4.66. The maximum Gasteiger partial charge on any atom is 0.140 e. The highest BCUT2D eigenvalue weighted by Gasteiger charge is 2.12. The number of aromatic hydroxyl groups is 1. The second kappa shape index (κ2) is 8.51. The van der Waals surface area contributed by atoms with E-state index < -0.39 is 0 Å². The largest absolute Gasteiger partial charge is 0.506 e. The molecule has 0 heterocycles. The van der Waals surface area contributed by atoms with Gasteiger partial charge in [-0.1, -0.05) is 20.8 Å². The van der Waals surface area contributed by atoms with Gasteiger partial charge in [0, 0.05) is 19.6 Å². The first-order valence-electron chi connectivity index (χ1n) is 7.32. The van der Waals surface area contributed by atoms with Crippen molar-refractivity contribution in [2.75, 3.05) is 35.6 Å². The summed E-state index contributed by atoms with van der Waals surface area (Å²) in [5.74, 6) is 0.300. The van der Waals surface area contributed by atoms with E-state index in [2.05, 4.69) is 36.7 Å². The molecule has 1 aromatic rings. The topological polar surface area (TPSA) is 56.3 Å². The summed E-state index contributed by atoms with van der Waals surface area (Å²) in [6.07, 6.45) is 3.15. The molecule has 4 N–H and O–H groups in total. The molecule has 0 amide bonds. The lowest BCUT2D eigenvalue weighted by Gasteiger charge is -2.19. The van der Waals surface area contributed by atoms with Gasteiger partial charge in [0.05, 0.1) is 11.4 Å². The molecule has 0 atom stereocenters. The van der Waals surface area contributed by atoms with Crippen LogP contribution in [0.4, 0.5) is 17.1 Å². The van der Waals surface area contributed by atoms with Gasteiger partial charge in [0.2, 0.25) is 0 Å². The minimum Gasteiger partial charge on any atom is -0.506 e. The number of phenolic OH excluding ortho intramolecular Hbond substituents is 1. The third-order valence-corrected chi connectivity index (χ3v) is 2.85. The molecule has 0 saturated heterocycles. The van der Waals surface area contributed by atoms with Crippen LogP contribution in [0.15, 0.2) is 12.1 Å². The fourth-order valence-corrected chi connectivity index (χ4v) is 1.86. The number of phenols is 1. The normalized spacial score (nSPS) is 10.3. The van der Waals surface area contributed by atoms with E-state index in [0.29, 0.717) is 5.75 Å². The molecular formula is C15H27N3O. The molecule has 1 aromatic carbocycles. The van der Waals surface area contributed by atoms with E-state index in [1.165, 1.54) is 0 Å². The van der Waals surface area contributed by atoms with Gasteiger partial charge in [-0.3, -0.25) is 0 Å². The Labute approximate surface area is 116 Å². The molecule has 108 valence electrons. The zero-order valence-corrected chi connectivity index (χ0v) is 12.3. The highest BCUT2D eigenvalue weighted by molar-refractivity contribution is 5.86. The molecule has 0 saturated carbocycles. The predicted octanol–water partition coefficient (Wildman–Crippen LogP) is 3.86. The molecule has 0 aliphatic rings. The van der Waals surface area contributed by atoms with Crippen LogP contribution < -0.4 is 16.0 Å². The van der Waals surface area contributed by atoms with Crippen LogP contribution in [0.3, 0.4) is 0 Å². The average Bonchev–Trinajstić information content (AvgIpc) is 2.42. The number of nitrogens with one attached hydrogen (secondary N) is 3. The molecule has 0 aliphatic heterocycles. The van der Waals surface area contributed by atoms with Crippen molar-refractivity contribution in [2.45, 2.75) is 40.0 Å². The zero-order valence-electron chi connectivity index (χ0n) is 12.3. The summed E-state index contributed by atoms with van der Waals surface area (Å²) in [6, 6.07) is 3.67. The summed E-state index contributed by atoms with van der Waals surface area (Å²) in [5.41, 5.74) is 2.83.